The number of nitrogens with one attached hydrogen (secondary N) is 1. The summed E-state index contributed by atoms with van der Waals surface area (Å²) in [5.74, 6) is 1.14. The van der Waals surface area contributed by atoms with E-state index in [2.05, 4.69) is 12.2 Å². The molecule has 0 saturated heterocycles. The molecule has 1 aliphatic rings. The topological polar surface area (TPSA) is 29.9 Å². The van der Waals surface area contributed by atoms with Crippen LogP contribution in [0.1, 0.15) is 25.3 Å². The van der Waals surface area contributed by atoms with E-state index in [1.165, 1.54) is 18.4 Å². The molecule has 1 aromatic heterocycles. The number of rotatable bonds is 2. The molecule has 2 aromatic rings. The molecule has 3 rings (SSSR count). The van der Waals surface area contributed by atoms with Gasteiger partial charge in [0.1, 0.15) is 5.82 Å². The third-order valence-electron chi connectivity index (χ3n) is 3.68. The number of anilines is 1. The molecule has 0 radical (unpaired) electrons. The van der Waals surface area contributed by atoms with Crippen LogP contribution in [-0.2, 0) is 13.0 Å². The molecule has 2 heterocycles. The first-order chi connectivity index (χ1) is 9.70. The number of fused-ring (bicyclic) bond motifs is 1. The van der Waals surface area contributed by atoms with Gasteiger partial charge in [0.25, 0.3) is 0 Å². The maximum Gasteiger partial charge on any atom is 0.128 e. The summed E-state index contributed by atoms with van der Waals surface area (Å²) in [4.78, 5) is 0. The van der Waals surface area contributed by atoms with E-state index >= 15 is 0 Å². The van der Waals surface area contributed by atoms with Crippen molar-refractivity contribution in [2.45, 2.75) is 32.7 Å². The molecule has 5 heteroatoms. The van der Waals surface area contributed by atoms with Crippen molar-refractivity contribution in [2.75, 3.05) is 11.9 Å². The summed E-state index contributed by atoms with van der Waals surface area (Å²) in [6.07, 6.45) is 3.38. The van der Waals surface area contributed by atoms with Crippen molar-refractivity contribution in [3.05, 3.63) is 33.8 Å². The van der Waals surface area contributed by atoms with Gasteiger partial charge >= 0.3 is 0 Å². The molecule has 0 saturated carbocycles. The lowest BCUT2D eigenvalue weighted by molar-refractivity contribution is 0.665. The zero-order valence-corrected chi connectivity index (χ0v) is 12.9. The largest absolute Gasteiger partial charge is 0.370 e. The fourth-order valence-electron chi connectivity index (χ4n) is 2.69. The van der Waals surface area contributed by atoms with Crippen LogP contribution in [0.5, 0.6) is 0 Å². The molecular formula is C15H17Cl2N3. The Balaban J connectivity index is 2.18. The molecule has 3 nitrogen and oxygen atoms in total. The molecule has 0 bridgehead atoms. The van der Waals surface area contributed by atoms with Crippen molar-refractivity contribution in [1.82, 2.24) is 9.78 Å². The third-order valence-corrected chi connectivity index (χ3v) is 4.24. The van der Waals surface area contributed by atoms with Gasteiger partial charge in [0.05, 0.1) is 10.7 Å². The Morgan fingerprint density at radius 1 is 1.30 bits per heavy atom. The van der Waals surface area contributed by atoms with Crippen molar-refractivity contribution in [1.29, 1.82) is 0 Å². The second-order valence-electron chi connectivity index (χ2n) is 5.00. The summed E-state index contributed by atoms with van der Waals surface area (Å²) >= 11 is 12.5. The van der Waals surface area contributed by atoms with E-state index < -0.39 is 0 Å². The average Bonchev–Trinajstić information content (AvgIpc) is 2.62. The summed E-state index contributed by atoms with van der Waals surface area (Å²) in [7, 11) is 0. The van der Waals surface area contributed by atoms with Crippen LogP contribution in [0.15, 0.2) is 18.2 Å². The molecular weight excluding hydrogens is 293 g/mol. The maximum atomic E-state index is 6.34. The fraction of sp³-hybridized carbons (Fsp3) is 0.400. The molecule has 1 N–H and O–H groups in total. The average molecular weight is 310 g/mol. The Morgan fingerprint density at radius 3 is 2.95 bits per heavy atom. The zero-order valence-electron chi connectivity index (χ0n) is 11.4. The van der Waals surface area contributed by atoms with E-state index in [9.17, 15) is 0 Å². The molecule has 0 spiro atoms. The highest BCUT2D eigenvalue weighted by Gasteiger charge is 2.21. The predicted octanol–water partition coefficient (Wildman–Crippen LogP) is 4.63. The zero-order chi connectivity index (χ0) is 14.1. The normalized spacial score (nSPS) is 14.6. The van der Waals surface area contributed by atoms with Crippen molar-refractivity contribution in [3.63, 3.8) is 0 Å². The van der Waals surface area contributed by atoms with Gasteiger partial charge in [-0.2, -0.15) is 5.10 Å². The Labute approximate surface area is 128 Å². The van der Waals surface area contributed by atoms with E-state index in [1.54, 1.807) is 6.07 Å². The van der Waals surface area contributed by atoms with Crippen LogP contribution in [0.25, 0.3) is 11.3 Å². The van der Waals surface area contributed by atoms with Gasteiger partial charge in [-0.1, -0.05) is 23.2 Å². The molecule has 106 valence electrons. The van der Waals surface area contributed by atoms with Crippen molar-refractivity contribution in [2.24, 2.45) is 0 Å². The maximum absolute atomic E-state index is 6.34. The quantitative estimate of drug-likeness (QED) is 0.877. The minimum absolute atomic E-state index is 0.686. The summed E-state index contributed by atoms with van der Waals surface area (Å²) in [6.45, 7) is 3.94. The Hall–Kier alpha value is -1.19. The summed E-state index contributed by atoms with van der Waals surface area (Å²) in [6, 6.07) is 5.54. The minimum Gasteiger partial charge on any atom is -0.370 e. The molecule has 0 fully saturated rings. The molecule has 0 atom stereocenters. The highest BCUT2D eigenvalue weighted by atomic mass is 35.5. The summed E-state index contributed by atoms with van der Waals surface area (Å²) in [5.41, 5.74) is 3.14. The van der Waals surface area contributed by atoms with Gasteiger partial charge in [0.15, 0.2) is 0 Å². The van der Waals surface area contributed by atoms with E-state index in [1.807, 2.05) is 16.8 Å². The van der Waals surface area contributed by atoms with E-state index in [-0.39, 0.29) is 0 Å². The van der Waals surface area contributed by atoms with Crippen LogP contribution in [0.3, 0.4) is 0 Å². The van der Waals surface area contributed by atoms with Gasteiger partial charge in [0, 0.05) is 29.2 Å². The summed E-state index contributed by atoms with van der Waals surface area (Å²) in [5, 5.41) is 9.61. The Morgan fingerprint density at radius 2 is 2.15 bits per heavy atom. The SMILES string of the molecule is CCn1nc(-c2cc(Cl)ccc2Cl)c2c1NCCCC2. The monoisotopic (exact) mass is 309 g/mol. The van der Waals surface area contributed by atoms with Gasteiger partial charge < -0.3 is 5.32 Å². The highest BCUT2D eigenvalue weighted by Crippen LogP contribution is 2.36. The summed E-state index contributed by atoms with van der Waals surface area (Å²) < 4.78 is 2.02. The molecule has 0 unspecified atom stereocenters. The second-order valence-corrected chi connectivity index (χ2v) is 5.84. The number of hydrogen-bond donors (Lipinski definition) is 1. The lowest BCUT2D eigenvalue weighted by Crippen LogP contribution is -2.07. The van der Waals surface area contributed by atoms with Crippen LogP contribution >= 0.6 is 23.2 Å². The van der Waals surface area contributed by atoms with E-state index in [0.717, 1.165) is 36.6 Å². The van der Waals surface area contributed by atoms with Crippen molar-refractivity contribution in [3.8, 4) is 11.3 Å². The Kier molecular flexibility index (Phi) is 3.90. The smallest absolute Gasteiger partial charge is 0.128 e. The second kappa shape index (κ2) is 5.66. The van der Waals surface area contributed by atoms with Crippen molar-refractivity contribution < 1.29 is 0 Å². The first-order valence-corrected chi connectivity index (χ1v) is 7.75. The van der Waals surface area contributed by atoms with E-state index in [4.69, 9.17) is 28.3 Å². The number of benzene rings is 1. The molecule has 1 aliphatic heterocycles. The number of nitrogens with zero attached hydrogens (tertiary/aromatic N) is 2. The first kappa shape index (κ1) is 13.8. The molecule has 0 aliphatic carbocycles. The van der Waals surface area contributed by atoms with Crippen LogP contribution in [0.2, 0.25) is 10.0 Å². The molecule has 1 aromatic carbocycles. The number of aryl methyl sites for hydroxylation is 1. The van der Waals surface area contributed by atoms with Crippen LogP contribution < -0.4 is 5.32 Å². The van der Waals surface area contributed by atoms with Crippen LogP contribution in [0, 0.1) is 0 Å². The predicted molar refractivity (Wildman–Crippen MR) is 84.8 cm³/mol. The first-order valence-electron chi connectivity index (χ1n) is 6.99. The Bertz CT molecular complexity index is 634. The van der Waals surface area contributed by atoms with Crippen LogP contribution in [-0.4, -0.2) is 16.3 Å². The fourth-order valence-corrected chi connectivity index (χ4v) is 3.07. The molecule has 20 heavy (non-hydrogen) atoms. The van der Waals surface area contributed by atoms with E-state index in [0.29, 0.717) is 10.0 Å². The van der Waals surface area contributed by atoms with Gasteiger partial charge in [-0.3, -0.25) is 0 Å². The van der Waals surface area contributed by atoms with Gasteiger partial charge in [-0.15, -0.1) is 0 Å². The third kappa shape index (κ3) is 2.40. The molecule has 0 amide bonds. The van der Waals surface area contributed by atoms with Gasteiger partial charge in [-0.05, 0) is 44.4 Å². The minimum atomic E-state index is 0.686. The number of aromatic nitrogens is 2. The van der Waals surface area contributed by atoms with Crippen molar-refractivity contribution >= 4 is 29.0 Å². The number of hydrogen-bond acceptors (Lipinski definition) is 2. The lowest BCUT2D eigenvalue weighted by Gasteiger charge is -2.06. The highest BCUT2D eigenvalue weighted by molar-refractivity contribution is 6.35. The van der Waals surface area contributed by atoms with Gasteiger partial charge in [-0.25, -0.2) is 4.68 Å². The lowest BCUT2D eigenvalue weighted by atomic mass is 10.0. The van der Waals surface area contributed by atoms with Crippen LogP contribution in [0.4, 0.5) is 5.82 Å². The van der Waals surface area contributed by atoms with Gasteiger partial charge in [0.2, 0.25) is 0 Å². The number of halogens is 2. The standard InChI is InChI=1S/C15H17Cl2N3/c1-2-20-15-11(5-3-4-8-18-15)14(19-20)12-9-10(16)6-7-13(12)17/h6-7,9,18H,2-5,8H2,1H3.